The minimum Gasteiger partial charge on any atom is -0.508 e. The van der Waals surface area contributed by atoms with E-state index in [4.69, 9.17) is 0 Å². The summed E-state index contributed by atoms with van der Waals surface area (Å²) in [6, 6.07) is 11.2. The third-order valence-electron chi connectivity index (χ3n) is 2.92. The zero-order valence-electron chi connectivity index (χ0n) is 10.5. The molecule has 0 bridgehead atoms. The molecule has 0 fully saturated rings. The van der Waals surface area contributed by atoms with Crippen LogP contribution in [0.25, 0.3) is 5.65 Å². The van der Waals surface area contributed by atoms with E-state index in [0.29, 0.717) is 12.5 Å². The van der Waals surface area contributed by atoms with Gasteiger partial charge in [-0.15, -0.1) is 5.10 Å². The third-order valence-corrected chi connectivity index (χ3v) is 2.92. The van der Waals surface area contributed by atoms with Gasteiger partial charge in [-0.05, 0) is 30.7 Å². The monoisotopic (exact) mass is 254 g/mol. The van der Waals surface area contributed by atoms with Crippen LogP contribution in [0, 0.1) is 6.92 Å². The van der Waals surface area contributed by atoms with Gasteiger partial charge >= 0.3 is 0 Å². The first kappa shape index (κ1) is 11.5. The van der Waals surface area contributed by atoms with Gasteiger partial charge in [0.25, 0.3) is 0 Å². The highest BCUT2D eigenvalue weighted by atomic mass is 16.3. The van der Waals surface area contributed by atoms with Crippen LogP contribution >= 0.6 is 0 Å². The molecular formula is C14H14N4O. The molecule has 0 aliphatic rings. The average molecular weight is 254 g/mol. The first-order chi connectivity index (χ1) is 9.22. The topological polar surface area (TPSA) is 62.5 Å². The summed E-state index contributed by atoms with van der Waals surface area (Å²) < 4.78 is 1.72. The van der Waals surface area contributed by atoms with Gasteiger partial charge < -0.3 is 10.4 Å². The van der Waals surface area contributed by atoms with Crippen molar-refractivity contribution in [2.45, 2.75) is 13.5 Å². The van der Waals surface area contributed by atoms with E-state index >= 15 is 0 Å². The number of fused-ring (bicyclic) bond motifs is 1. The number of para-hydroxylation sites is 1. The molecule has 96 valence electrons. The molecule has 2 aromatic heterocycles. The fourth-order valence-electron chi connectivity index (χ4n) is 1.89. The van der Waals surface area contributed by atoms with Gasteiger partial charge in [0.1, 0.15) is 5.75 Å². The Morgan fingerprint density at radius 2 is 2.11 bits per heavy atom. The SMILES string of the molecule is Cc1ccn2nc(NCc3ccccc3O)nc2c1. The van der Waals surface area contributed by atoms with E-state index in [-0.39, 0.29) is 5.75 Å². The highest BCUT2D eigenvalue weighted by Crippen LogP contribution is 2.16. The van der Waals surface area contributed by atoms with Gasteiger partial charge in [-0.25, -0.2) is 4.52 Å². The number of hydrogen-bond acceptors (Lipinski definition) is 4. The van der Waals surface area contributed by atoms with Crippen LogP contribution in [0.4, 0.5) is 5.95 Å². The summed E-state index contributed by atoms with van der Waals surface area (Å²) in [7, 11) is 0. The van der Waals surface area contributed by atoms with Gasteiger partial charge in [0.05, 0.1) is 0 Å². The molecule has 0 radical (unpaired) electrons. The van der Waals surface area contributed by atoms with Crippen LogP contribution < -0.4 is 5.32 Å². The van der Waals surface area contributed by atoms with E-state index in [1.807, 2.05) is 37.4 Å². The summed E-state index contributed by atoms with van der Waals surface area (Å²) >= 11 is 0. The molecular weight excluding hydrogens is 240 g/mol. The Labute approximate surface area is 110 Å². The van der Waals surface area contributed by atoms with Gasteiger partial charge in [-0.3, -0.25) is 0 Å². The molecule has 2 N–H and O–H groups in total. The van der Waals surface area contributed by atoms with Gasteiger partial charge in [-0.2, -0.15) is 4.98 Å². The lowest BCUT2D eigenvalue weighted by Crippen LogP contribution is -2.01. The van der Waals surface area contributed by atoms with Gasteiger partial charge in [-0.1, -0.05) is 18.2 Å². The molecule has 5 nitrogen and oxygen atoms in total. The summed E-state index contributed by atoms with van der Waals surface area (Å²) in [5.41, 5.74) is 2.77. The van der Waals surface area contributed by atoms with Crippen LogP contribution in [0.15, 0.2) is 42.6 Å². The fourth-order valence-corrected chi connectivity index (χ4v) is 1.89. The number of aryl methyl sites for hydroxylation is 1. The Balaban J connectivity index is 1.80. The van der Waals surface area contributed by atoms with Crippen molar-refractivity contribution in [3.8, 4) is 5.75 Å². The number of phenols is 1. The number of nitrogens with one attached hydrogen (secondary N) is 1. The van der Waals surface area contributed by atoms with Crippen LogP contribution in [-0.4, -0.2) is 19.7 Å². The van der Waals surface area contributed by atoms with Crippen molar-refractivity contribution >= 4 is 11.6 Å². The summed E-state index contributed by atoms with van der Waals surface area (Å²) in [6.45, 7) is 2.51. The second kappa shape index (κ2) is 4.61. The average Bonchev–Trinajstić information content (AvgIpc) is 2.79. The number of pyridine rings is 1. The summed E-state index contributed by atoms with van der Waals surface area (Å²) in [6.07, 6.45) is 1.88. The number of rotatable bonds is 3. The quantitative estimate of drug-likeness (QED) is 0.753. The molecule has 5 heteroatoms. The smallest absolute Gasteiger partial charge is 0.243 e. The molecule has 0 aliphatic carbocycles. The Hall–Kier alpha value is -2.56. The molecule has 0 unspecified atom stereocenters. The maximum Gasteiger partial charge on any atom is 0.243 e. The first-order valence-electron chi connectivity index (χ1n) is 6.06. The maximum absolute atomic E-state index is 9.68. The van der Waals surface area contributed by atoms with Crippen LogP contribution in [0.2, 0.25) is 0 Å². The molecule has 0 amide bonds. The van der Waals surface area contributed by atoms with Crippen LogP contribution in [0.3, 0.4) is 0 Å². The van der Waals surface area contributed by atoms with Crippen LogP contribution in [0.5, 0.6) is 5.75 Å². The van der Waals surface area contributed by atoms with Crippen molar-refractivity contribution in [3.63, 3.8) is 0 Å². The van der Waals surface area contributed by atoms with E-state index in [0.717, 1.165) is 16.8 Å². The number of phenolic OH excluding ortho intramolecular Hbond substituents is 1. The standard InChI is InChI=1S/C14H14N4O/c1-10-6-7-18-13(8-10)16-14(17-18)15-9-11-4-2-3-5-12(11)19/h2-8,19H,9H2,1H3,(H,15,17). The molecule has 0 saturated carbocycles. The van der Waals surface area contributed by atoms with Gasteiger partial charge in [0.15, 0.2) is 5.65 Å². The Bertz CT molecular complexity index is 720. The van der Waals surface area contributed by atoms with E-state index in [9.17, 15) is 5.11 Å². The van der Waals surface area contributed by atoms with Gasteiger partial charge in [0, 0.05) is 18.3 Å². The molecule has 0 saturated heterocycles. The highest BCUT2D eigenvalue weighted by molar-refractivity contribution is 5.45. The van der Waals surface area contributed by atoms with Crippen LogP contribution in [0.1, 0.15) is 11.1 Å². The summed E-state index contributed by atoms with van der Waals surface area (Å²) in [5.74, 6) is 0.823. The minimum absolute atomic E-state index is 0.273. The number of aromatic nitrogens is 3. The van der Waals surface area contributed by atoms with Crippen molar-refractivity contribution in [2.24, 2.45) is 0 Å². The van der Waals surface area contributed by atoms with E-state index in [1.54, 1.807) is 16.6 Å². The summed E-state index contributed by atoms with van der Waals surface area (Å²) in [5, 5.41) is 17.1. The second-order valence-electron chi connectivity index (χ2n) is 4.42. The second-order valence-corrected chi connectivity index (χ2v) is 4.42. The van der Waals surface area contributed by atoms with Crippen molar-refractivity contribution < 1.29 is 5.11 Å². The molecule has 0 aliphatic heterocycles. The Morgan fingerprint density at radius 3 is 2.95 bits per heavy atom. The summed E-state index contributed by atoms with van der Waals surface area (Å²) in [4.78, 5) is 4.38. The van der Waals surface area contributed by atoms with E-state index in [1.165, 1.54) is 0 Å². The lowest BCUT2D eigenvalue weighted by atomic mass is 10.2. The lowest BCUT2D eigenvalue weighted by molar-refractivity contribution is 0.469. The van der Waals surface area contributed by atoms with Crippen molar-refractivity contribution in [2.75, 3.05) is 5.32 Å². The number of benzene rings is 1. The molecule has 3 rings (SSSR count). The third kappa shape index (κ3) is 2.35. The van der Waals surface area contributed by atoms with Gasteiger partial charge in [0.2, 0.25) is 5.95 Å². The Kier molecular flexibility index (Phi) is 2.79. The molecule has 3 aromatic rings. The number of aromatic hydroxyl groups is 1. The maximum atomic E-state index is 9.68. The zero-order valence-corrected chi connectivity index (χ0v) is 10.5. The first-order valence-corrected chi connectivity index (χ1v) is 6.06. The molecule has 0 atom stereocenters. The number of nitrogens with zero attached hydrogens (tertiary/aromatic N) is 3. The molecule has 2 heterocycles. The normalized spacial score (nSPS) is 10.8. The number of anilines is 1. The zero-order chi connectivity index (χ0) is 13.2. The molecule has 19 heavy (non-hydrogen) atoms. The minimum atomic E-state index is 0.273. The number of hydrogen-bond donors (Lipinski definition) is 2. The van der Waals surface area contributed by atoms with E-state index in [2.05, 4.69) is 15.4 Å². The predicted octanol–water partition coefficient (Wildman–Crippen LogP) is 2.36. The molecule has 1 aromatic carbocycles. The van der Waals surface area contributed by atoms with Crippen molar-refractivity contribution in [1.29, 1.82) is 0 Å². The lowest BCUT2D eigenvalue weighted by Gasteiger charge is -2.03. The Morgan fingerprint density at radius 1 is 1.26 bits per heavy atom. The predicted molar refractivity (Wildman–Crippen MR) is 73.2 cm³/mol. The fraction of sp³-hybridized carbons (Fsp3) is 0.143. The van der Waals surface area contributed by atoms with Crippen molar-refractivity contribution in [3.05, 3.63) is 53.7 Å². The highest BCUT2D eigenvalue weighted by Gasteiger charge is 2.04. The largest absolute Gasteiger partial charge is 0.508 e. The molecule has 0 spiro atoms. The van der Waals surface area contributed by atoms with Crippen molar-refractivity contribution in [1.82, 2.24) is 14.6 Å². The van der Waals surface area contributed by atoms with Crippen LogP contribution in [-0.2, 0) is 6.54 Å². The van der Waals surface area contributed by atoms with E-state index < -0.39 is 0 Å².